The summed E-state index contributed by atoms with van der Waals surface area (Å²) in [4.78, 5) is 34.6. The molecule has 2 atom stereocenters. The number of halogens is 1. The van der Waals surface area contributed by atoms with Crippen LogP contribution in [0, 0.1) is 0 Å². The van der Waals surface area contributed by atoms with Gasteiger partial charge in [-0.25, -0.2) is 0 Å². The van der Waals surface area contributed by atoms with E-state index >= 15 is 0 Å². The van der Waals surface area contributed by atoms with Crippen molar-refractivity contribution >= 4 is 33.7 Å². The van der Waals surface area contributed by atoms with Gasteiger partial charge in [-0.15, -0.1) is 0 Å². The van der Waals surface area contributed by atoms with Gasteiger partial charge >= 0.3 is 0 Å². The van der Waals surface area contributed by atoms with Crippen molar-refractivity contribution in [2.75, 3.05) is 5.33 Å². The number of rotatable bonds is 7. The number of nitrogens with one attached hydrogen (secondary N) is 2. The van der Waals surface area contributed by atoms with E-state index in [1.165, 1.54) is 6.92 Å². The molecule has 0 aliphatic carbocycles. The Morgan fingerprint density at radius 2 is 1.81 bits per heavy atom. The average Bonchev–Trinajstić information content (AvgIpc) is 2.47. The van der Waals surface area contributed by atoms with Gasteiger partial charge in [-0.3, -0.25) is 14.4 Å². The van der Waals surface area contributed by atoms with Crippen molar-refractivity contribution in [1.82, 2.24) is 10.6 Å². The van der Waals surface area contributed by atoms with Crippen LogP contribution in [0.25, 0.3) is 0 Å². The van der Waals surface area contributed by atoms with Gasteiger partial charge in [0.05, 0.1) is 5.33 Å². The van der Waals surface area contributed by atoms with Crippen LogP contribution in [0.1, 0.15) is 12.5 Å². The van der Waals surface area contributed by atoms with Crippen molar-refractivity contribution in [2.24, 2.45) is 5.73 Å². The average molecular weight is 356 g/mol. The first-order valence-corrected chi connectivity index (χ1v) is 7.55. The highest BCUT2D eigenvalue weighted by molar-refractivity contribution is 9.09. The van der Waals surface area contributed by atoms with E-state index in [1.807, 2.05) is 30.3 Å². The molecule has 0 saturated carbocycles. The lowest BCUT2D eigenvalue weighted by atomic mass is 10.1. The quantitative estimate of drug-likeness (QED) is 0.604. The molecule has 114 valence electrons. The molecule has 1 rings (SSSR count). The van der Waals surface area contributed by atoms with Gasteiger partial charge < -0.3 is 16.4 Å². The molecular formula is C14H18BrN3O3. The van der Waals surface area contributed by atoms with Gasteiger partial charge in [0.1, 0.15) is 12.1 Å². The SMILES string of the molecule is C[C@H](NC(=O)CBr)C(=O)N[C@@H](Cc1ccccc1)C(N)=O. The molecule has 0 radical (unpaired) electrons. The fraction of sp³-hybridized carbons (Fsp3) is 0.357. The summed E-state index contributed by atoms with van der Waals surface area (Å²) in [6.07, 6.45) is 0.307. The third-order valence-electron chi connectivity index (χ3n) is 2.83. The highest BCUT2D eigenvalue weighted by Crippen LogP contribution is 2.03. The largest absolute Gasteiger partial charge is 0.368 e. The summed E-state index contributed by atoms with van der Waals surface area (Å²) in [6.45, 7) is 1.54. The van der Waals surface area contributed by atoms with E-state index in [9.17, 15) is 14.4 Å². The zero-order valence-corrected chi connectivity index (χ0v) is 13.2. The number of hydrogen-bond acceptors (Lipinski definition) is 3. The van der Waals surface area contributed by atoms with Crippen LogP contribution in [0.3, 0.4) is 0 Å². The molecule has 7 heteroatoms. The highest BCUT2D eigenvalue weighted by Gasteiger charge is 2.22. The molecule has 0 aliphatic heterocycles. The van der Waals surface area contributed by atoms with E-state index in [1.54, 1.807) is 0 Å². The number of benzene rings is 1. The van der Waals surface area contributed by atoms with Crippen molar-refractivity contribution in [2.45, 2.75) is 25.4 Å². The molecule has 0 unspecified atom stereocenters. The lowest BCUT2D eigenvalue weighted by Gasteiger charge is -2.19. The van der Waals surface area contributed by atoms with E-state index in [-0.39, 0.29) is 11.2 Å². The van der Waals surface area contributed by atoms with Gasteiger partial charge in [0.25, 0.3) is 0 Å². The second-order valence-electron chi connectivity index (χ2n) is 4.58. The molecule has 4 N–H and O–H groups in total. The topological polar surface area (TPSA) is 101 Å². The molecule has 0 aliphatic rings. The highest BCUT2D eigenvalue weighted by atomic mass is 79.9. The van der Waals surface area contributed by atoms with Gasteiger partial charge in [-0.1, -0.05) is 46.3 Å². The minimum absolute atomic E-state index is 0.105. The Bertz CT molecular complexity index is 507. The van der Waals surface area contributed by atoms with Crippen molar-refractivity contribution in [3.63, 3.8) is 0 Å². The van der Waals surface area contributed by atoms with E-state index in [0.717, 1.165) is 5.56 Å². The molecule has 0 heterocycles. The first-order chi connectivity index (χ1) is 9.93. The van der Waals surface area contributed by atoms with Crippen LogP contribution < -0.4 is 16.4 Å². The summed E-state index contributed by atoms with van der Waals surface area (Å²) >= 11 is 2.99. The molecule has 6 nitrogen and oxygen atoms in total. The van der Waals surface area contributed by atoms with E-state index in [2.05, 4.69) is 26.6 Å². The second-order valence-corrected chi connectivity index (χ2v) is 5.14. The Morgan fingerprint density at radius 1 is 1.19 bits per heavy atom. The maximum absolute atomic E-state index is 12.0. The maximum atomic E-state index is 12.0. The maximum Gasteiger partial charge on any atom is 0.242 e. The van der Waals surface area contributed by atoms with Crippen molar-refractivity contribution in [1.29, 1.82) is 0 Å². The van der Waals surface area contributed by atoms with Crippen LogP contribution >= 0.6 is 15.9 Å². The molecule has 0 aromatic heterocycles. The summed E-state index contributed by atoms with van der Waals surface area (Å²) in [5, 5.41) is 5.14. The Kier molecular flexibility index (Phi) is 6.87. The Hall–Kier alpha value is -1.89. The van der Waals surface area contributed by atoms with E-state index in [0.29, 0.717) is 6.42 Å². The molecule has 0 fully saturated rings. The third kappa shape index (κ3) is 5.95. The molecule has 0 spiro atoms. The lowest BCUT2D eigenvalue weighted by Crippen LogP contribution is -2.52. The van der Waals surface area contributed by atoms with Gasteiger partial charge in [-0.05, 0) is 12.5 Å². The zero-order valence-electron chi connectivity index (χ0n) is 11.6. The smallest absolute Gasteiger partial charge is 0.242 e. The summed E-state index contributed by atoms with van der Waals surface area (Å²) in [6, 6.07) is 7.67. The van der Waals surface area contributed by atoms with Gasteiger partial charge in [0.15, 0.2) is 0 Å². The zero-order chi connectivity index (χ0) is 15.8. The molecule has 1 aromatic carbocycles. The van der Waals surface area contributed by atoms with Crippen LogP contribution in [0.2, 0.25) is 0 Å². The molecule has 21 heavy (non-hydrogen) atoms. The summed E-state index contributed by atoms with van der Waals surface area (Å²) in [7, 11) is 0. The first kappa shape index (κ1) is 17.2. The van der Waals surface area contributed by atoms with Crippen molar-refractivity contribution in [3.05, 3.63) is 35.9 Å². The van der Waals surface area contributed by atoms with Gasteiger partial charge in [-0.2, -0.15) is 0 Å². The first-order valence-electron chi connectivity index (χ1n) is 6.43. The summed E-state index contributed by atoms with van der Waals surface area (Å²) in [5.74, 6) is -1.38. The van der Waals surface area contributed by atoms with E-state index < -0.39 is 23.9 Å². The van der Waals surface area contributed by atoms with Crippen LogP contribution in [0.4, 0.5) is 0 Å². The number of nitrogens with two attached hydrogens (primary N) is 1. The van der Waals surface area contributed by atoms with Gasteiger partial charge in [0.2, 0.25) is 17.7 Å². The standard InChI is InChI=1S/C14H18BrN3O3/c1-9(17-12(19)8-15)14(21)18-11(13(16)20)7-10-5-3-2-4-6-10/h2-6,9,11H,7-8H2,1H3,(H2,16,20)(H,17,19)(H,18,21)/t9-,11-/m0/s1. The molecular weight excluding hydrogens is 338 g/mol. The molecule has 1 aromatic rings. The van der Waals surface area contributed by atoms with Crippen molar-refractivity contribution in [3.8, 4) is 0 Å². The van der Waals surface area contributed by atoms with E-state index in [4.69, 9.17) is 5.73 Å². The number of amides is 3. The molecule has 3 amide bonds. The van der Waals surface area contributed by atoms with Crippen LogP contribution in [-0.2, 0) is 20.8 Å². The minimum atomic E-state index is -0.816. The predicted octanol–water partition coefficient (Wildman–Crippen LogP) is 0.0988. The molecule has 0 saturated heterocycles. The van der Waals surface area contributed by atoms with Crippen LogP contribution in [0.5, 0.6) is 0 Å². The molecule has 0 bridgehead atoms. The normalized spacial score (nSPS) is 13.0. The Balaban J connectivity index is 2.64. The fourth-order valence-corrected chi connectivity index (χ4v) is 1.88. The Morgan fingerprint density at radius 3 is 2.33 bits per heavy atom. The number of hydrogen-bond donors (Lipinski definition) is 3. The van der Waals surface area contributed by atoms with Crippen molar-refractivity contribution < 1.29 is 14.4 Å². The summed E-state index contributed by atoms with van der Waals surface area (Å²) in [5.41, 5.74) is 6.20. The van der Waals surface area contributed by atoms with Crippen LogP contribution in [-0.4, -0.2) is 35.1 Å². The second kappa shape index (κ2) is 8.41. The summed E-state index contributed by atoms with van der Waals surface area (Å²) < 4.78 is 0. The number of alkyl halides is 1. The predicted molar refractivity (Wildman–Crippen MR) is 82.7 cm³/mol. The van der Waals surface area contributed by atoms with Gasteiger partial charge in [0, 0.05) is 6.42 Å². The monoisotopic (exact) mass is 355 g/mol. The number of carbonyl (C=O) groups is 3. The van der Waals surface area contributed by atoms with Crippen LogP contribution in [0.15, 0.2) is 30.3 Å². The third-order valence-corrected chi connectivity index (χ3v) is 3.34. The Labute approximate surface area is 131 Å². The number of primary amides is 1. The lowest BCUT2D eigenvalue weighted by molar-refractivity contribution is -0.130. The fourth-order valence-electron chi connectivity index (χ4n) is 1.71. The minimum Gasteiger partial charge on any atom is -0.368 e. The number of carbonyl (C=O) groups excluding carboxylic acids is 3.